The van der Waals surface area contributed by atoms with Crippen LogP contribution in [0.2, 0.25) is 0 Å². The molecule has 1 aromatic carbocycles. The van der Waals surface area contributed by atoms with Gasteiger partial charge in [-0.2, -0.15) is 0 Å². The van der Waals surface area contributed by atoms with Gasteiger partial charge in [0.1, 0.15) is 10.6 Å². The summed E-state index contributed by atoms with van der Waals surface area (Å²) in [6.07, 6.45) is 2.07. The van der Waals surface area contributed by atoms with Crippen LogP contribution in [0.5, 0.6) is 0 Å². The number of rotatable bonds is 5. The van der Waals surface area contributed by atoms with Crippen molar-refractivity contribution in [3.8, 4) is 10.6 Å². The fourth-order valence-electron chi connectivity index (χ4n) is 3.76. The first-order chi connectivity index (χ1) is 14.0. The Morgan fingerprint density at radius 1 is 1.34 bits per heavy atom. The maximum atomic E-state index is 12.7. The fourth-order valence-corrected chi connectivity index (χ4v) is 4.95. The van der Waals surface area contributed by atoms with Crippen molar-refractivity contribution >= 4 is 34.0 Å². The van der Waals surface area contributed by atoms with Crippen LogP contribution >= 0.6 is 11.3 Å². The third-order valence-electron chi connectivity index (χ3n) is 5.24. The molecule has 4 rings (SSSR count). The van der Waals surface area contributed by atoms with Crippen LogP contribution in [0.1, 0.15) is 36.4 Å². The smallest absolute Gasteiger partial charge is 0.346 e. The van der Waals surface area contributed by atoms with E-state index in [1.54, 1.807) is 0 Å². The standard InChI is InChI=1S/C22H24N2O4S/c1-4-23-17-11-18-14(8-12(17)3)9-15(22(26)28-18)20-24-16-7-6-13(10-19(16)29-20)21(25)27-5-2/h8-9,11,13,23H,4-7,10H2,1-3H3. The lowest BCUT2D eigenvalue weighted by molar-refractivity contribution is -0.148. The van der Waals surface area contributed by atoms with Crippen molar-refractivity contribution in [3.05, 3.63) is 44.8 Å². The number of aryl methyl sites for hydroxylation is 2. The van der Waals surface area contributed by atoms with Crippen molar-refractivity contribution in [1.29, 1.82) is 0 Å². The van der Waals surface area contributed by atoms with Crippen LogP contribution in [0, 0.1) is 12.8 Å². The maximum absolute atomic E-state index is 12.7. The predicted octanol–water partition coefficient (Wildman–Crippen LogP) is 4.32. The zero-order chi connectivity index (χ0) is 20.5. The fraction of sp³-hybridized carbons (Fsp3) is 0.409. The molecule has 7 heteroatoms. The van der Waals surface area contributed by atoms with Gasteiger partial charge in [-0.15, -0.1) is 11.3 Å². The largest absolute Gasteiger partial charge is 0.466 e. The first-order valence-electron chi connectivity index (χ1n) is 9.98. The number of ether oxygens (including phenoxy) is 1. The van der Waals surface area contributed by atoms with Gasteiger partial charge in [0.2, 0.25) is 0 Å². The van der Waals surface area contributed by atoms with Crippen LogP contribution in [0.4, 0.5) is 5.69 Å². The Morgan fingerprint density at radius 3 is 2.93 bits per heavy atom. The van der Waals surface area contributed by atoms with Crippen molar-refractivity contribution in [2.75, 3.05) is 18.5 Å². The molecule has 0 aliphatic heterocycles. The molecule has 152 valence electrons. The molecule has 1 atom stereocenters. The van der Waals surface area contributed by atoms with E-state index >= 15 is 0 Å². The lowest BCUT2D eigenvalue weighted by Gasteiger charge is -2.19. The van der Waals surface area contributed by atoms with Gasteiger partial charge in [0.15, 0.2) is 0 Å². The zero-order valence-electron chi connectivity index (χ0n) is 16.8. The minimum Gasteiger partial charge on any atom is -0.466 e. The number of hydrogen-bond donors (Lipinski definition) is 1. The SMILES string of the molecule is CCNc1cc2oc(=O)c(-c3nc4c(s3)CC(C(=O)OCC)CC4)cc2cc1C. The van der Waals surface area contributed by atoms with Gasteiger partial charge in [0, 0.05) is 28.6 Å². The number of esters is 1. The van der Waals surface area contributed by atoms with Crippen LogP contribution in [0.3, 0.4) is 0 Å². The Morgan fingerprint density at radius 2 is 2.17 bits per heavy atom. The number of nitrogens with zero attached hydrogens (tertiary/aromatic N) is 1. The third kappa shape index (κ3) is 3.79. The van der Waals surface area contributed by atoms with Gasteiger partial charge in [-0.1, -0.05) is 0 Å². The highest BCUT2D eigenvalue weighted by molar-refractivity contribution is 7.15. The van der Waals surface area contributed by atoms with Gasteiger partial charge in [-0.25, -0.2) is 9.78 Å². The molecule has 3 aromatic rings. The number of hydrogen-bond acceptors (Lipinski definition) is 7. The number of fused-ring (bicyclic) bond motifs is 2. The van der Waals surface area contributed by atoms with Crippen molar-refractivity contribution in [1.82, 2.24) is 4.98 Å². The Labute approximate surface area is 172 Å². The summed E-state index contributed by atoms with van der Waals surface area (Å²) in [5.41, 5.74) is 3.67. The maximum Gasteiger partial charge on any atom is 0.346 e. The Balaban J connectivity index is 1.69. The van der Waals surface area contributed by atoms with Gasteiger partial charge in [0.25, 0.3) is 0 Å². The van der Waals surface area contributed by atoms with E-state index in [1.165, 1.54) is 11.3 Å². The molecule has 0 spiro atoms. The Kier molecular flexibility index (Phi) is 5.41. The second-order valence-electron chi connectivity index (χ2n) is 7.26. The van der Waals surface area contributed by atoms with E-state index in [2.05, 4.69) is 5.32 Å². The van der Waals surface area contributed by atoms with E-state index in [0.29, 0.717) is 29.2 Å². The van der Waals surface area contributed by atoms with Gasteiger partial charge in [0.05, 0.1) is 23.8 Å². The monoisotopic (exact) mass is 412 g/mol. The van der Waals surface area contributed by atoms with Crippen molar-refractivity contribution in [2.45, 2.75) is 40.0 Å². The summed E-state index contributed by atoms with van der Waals surface area (Å²) >= 11 is 1.47. The summed E-state index contributed by atoms with van der Waals surface area (Å²) in [6, 6.07) is 5.75. The molecule has 1 N–H and O–H groups in total. The topological polar surface area (TPSA) is 81.4 Å². The van der Waals surface area contributed by atoms with Crippen LogP contribution in [-0.2, 0) is 22.4 Å². The van der Waals surface area contributed by atoms with Crippen molar-refractivity contribution in [2.24, 2.45) is 5.92 Å². The summed E-state index contributed by atoms with van der Waals surface area (Å²) in [5, 5.41) is 4.81. The molecule has 0 amide bonds. The average Bonchev–Trinajstić information content (AvgIpc) is 3.12. The number of nitrogens with one attached hydrogen (secondary N) is 1. The van der Waals surface area contributed by atoms with E-state index < -0.39 is 5.63 Å². The quantitative estimate of drug-likeness (QED) is 0.496. The average molecular weight is 413 g/mol. The van der Waals surface area contributed by atoms with E-state index in [-0.39, 0.29) is 11.9 Å². The number of anilines is 1. The summed E-state index contributed by atoms with van der Waals surface area (Å²) < 4.78 is 10.8. The van der Waals surface area contributed by atoms with E-state index in [1.807, 2.05) is 39.0 Å². The molecule has 1 aliphatic carbocycles. The number of carbonyl (C=O) groups is 1. The van der Waals surface area contributed by atoms with Crippen molar-refractivity contribution in [3.63, 3.8) is 0 Å². The predicted molar refractivity (Wildman–Crippen MR) is 115 cm³/mol. The highest BCUT2D eigenvalue weighted by Gasteiger charge is 2.29. The van der Waals surface area contributed by atoms with E-state index in [4.69, 9.17) is 14.1 Å². The summed E-state index contributed by atoms with van der Waals surface area (Å²) in [6.45, 7) is 7.06. The number of thiazole rings is 1. The number of aromatic nitrogens is 1. The molecule has 0 saturated carbocycles. The summed E-state index contributed by atoms with van der Waals surface area (Å²) in [5.74, 6) is -0.277. The summed E-state index contributed by atoms with van der Waals surface area (Å²) in [4.78, 5) is 30.5. The first kappa shape index (κ1) is 19.6. The molecule has 0 saturated heterocycles. The van der Waals surface area contributed by atoms with E-state index in [9.17, 15) is 9.59 Å². The van der Waals surface area contributed by atoms with Crippen LogP contribution < -0.4 is 10.9 Å². The molecule has 1 aliphatic rings. The van der Waals surface area contributed by atoms with Crippen LogP contribution in [-0.4, -0.2) is 24.1 Å². The van der Waals surface area contributed by atoms with Crippen molar-refractivity contribution < 1.29 is 13.9 Å². The Bertz CT molecular complexity index is 1130. The molecule has 29 heavy (non-hydrogen) atoms. The third-order valence-corrected chi connectivity index (χ3v) is 6.39. The van der Waals surface area contributed by atoms with Gasteiger partial charge >= 0.3 is 11.6 Å². The molecule has 0 bridgehead atoms. The van der Waals surface area contributed by atoms with Gasteiger partial charge in [-0.3, -0.25) is 4.79 Å². The molecule has 6 nitrogen and oxygen atoms in total. The second kappa shape index (κ2) is 7.99. The lowest BCUT2D eigenvalue weighted by atomic mass is 9.91. The molecule has 2 aromatic heterocycles. The molecule has 2 heterocycles. The van der Waals surface area contributed by atoms with Gasteiger partial charge < -0.3 is 14.5 Å². The van der Waals surface area contributed by atoms with E-state index in [0.717, 1.165) is 46.6 Å². The van der Waals surface area contributed by atoms with Crippen LogP contribution in [0.25, 0.3) is 21.5 Å². The lowest BCUT2D eigenvalue weighted by Crippen LogP contribution is -2.24. The summed E-state index contributed by atoms with van der Waals surface area (Å²) in [7, 11) is 0. The van der Waals surface area contributed by atoms with Crippen LogP contribution in [0.15, 0.2) is 27.4 Å². The number of benzene rings is 1. The zero-order valence-corrected chi connectivity index (χ0v) is 17.6. The molecular weight excluding hydrogens is 388 g/mol. The first-order valence-corrected chi connectivity index (χ1v) is 10.8. The highest BCUT2D eigenvalue weighted by atomic mass is 32.1. The van der Waals surface area contributed by atoms with Gasteiger partial charge in [-0.05, 0) is 57.7 Å². The normalized spacial score (nSPS) is 15.9. The molecular formula is C22H24N2O4S. The molecule has 0 fully saturated rings. The minimum atomic E-state index is -0.392. The minimum absolute atomic E-state index is 0.129. The highest BCUT2D eigenvalue weighted by Crippen LogP contribution is 2.35. The number of carbonyl (C=O) groups excluding carboxylic acids is 1. The second-order valence-corrected chi connectivity index (χ2v) is 8.35. The Hall–Kier alpha value is -2.67. The molecule has 1 unspecified atom stereocenters. The molecule has 0 radical (unpaired) electrons.